The third-order valence-electron chi connectivity index (χ3n) is 3.42. The highest BCUT2D eigenvalue weighted by molar-refractivity contribution is 7.20. The van der Waals surface area contributed by atoms with E-state index in [9.17, 15) is 4.79 Å². The van der Waals surface area contributed by atoms with Crippen molar-refractivity contribution in [2.45, 2.75) is 25.7 Å². The standard InChI is InChI=1S/C13H17Cl2NOS/c1-16(7-9-4-2-3-5-9)8-11(17)10-6-12(14)18-13(10)15/h6,9H,2-5,7-8H2,1H3. The molecule has 0 atom stereocenters. The number of carbonyl (C=O) groups is 1. The Balaban J connectivity index is 1.88. The van der Waals surface area contributed by atoms with E-state index in [2.05, 4.69) is 4.90 Å². The van der Waals surface area contributed by atoms with E-state index in [1.54, 1.807) is 6.07 Å². The van der Waals surface area contributed by atoms with Crippen molar-refractivity contribution in [3.8, 4) is 0 Å². The van der Waals surface area contributed by atoms with Crippen LogP contribution in [0.4, 0.5) is 0 Å². The number of Topliss-reactive ketones (excluding diaryl/α,β-unsaturated/α-hetero) is 1. The summed E-state index contributed by atoms with van der Waals surface area (Å²) in [5.41, 5.74) is 0.560. The van der Waals surface area contributed by atoms with E-state index in [4.69, 9.17) is 23.2 Å². The van der Waals surface area contributed by atoms with Gasteiger partial charge in [0.25, 0.3) is 0 Å². The Morgan fingerprint density at radius 2 is 2.11 bits per heavy atom. The van der Waals surface area contributed by atoms with Gasteiger partial charge in [-0.3, -0.25) is 9.69 Å². The van der Waals surface area contributed by atoms with Crippen molar-refractivity contribution < 1.29 is 4.79 Å². The summed E-state index contributed by atoms with van der Waals surface area (Å²) in [6, 6.07) is 1.67. The van der Waals surface area contributed by atoms with Gasteiger partial charge in [0.2, 0.25) is 0 Å². The lowest BCUT2D eigenvalue weighted by Crippen LogP contribution is -2.30. The maximum absolute atomic E-state index is 12.1. The van der Waals surface area contributed by atoms with Crippen molar-refractivity contribution in [2.75, 3.05) is 20.1 Å². The molecule has 18 heavy (non-hydrogen) atoms. The zero-order chi connectivity index (χ0) is 13.1. The first kappa shape index (κ1) is 14.3. The Kier molecular flexibility index (Phi) is 5.07. The lowest BCUT2D eigenvalue weighted by molar-refractivity contribution is 0.0938. The molecule has 2 rings (SSSR count). The molecule has 0 aliphatic heterocycles. The van der Waals surface area contributed by atoms with Crippen molar-refractivity contribution in [1.82, 2.24) is 4.90 Å². The average Bonchev–Trinajstić information content (AvgIpc) is 2.88. The van der Waals surface area contributed by atoms with E-state index < -0.39 is 0 Å². The van der Waals surface area contributed by atoms with Crippen LogP contribution in [0.3, 0.4) is 0 Å². The molecule has 0 N–H and O–H groups in total. The smallest absolute Gasteiger partial charge is 0.179 e. The molecule has 0 unspecified atom stereocenters. The third kappa shape index (κ3) is 3.70. The van der Waals surface area contributed by atoms with Crippen LogP contribution in [0.5, 0.6) is 0 Å². The minimum atomic E-state index is 0.0589. The van der Waals surface area contributed by atoms with Crippen LogP contribution < -0.4 is 0 Å². The molecule has 0 saturated heterocycles. The quantitative estimate of drug-likeness (QED) is 0.753. The topological polar surface area (TPSA) is 20.3 Å². The second kappa shape index (κ2) is 6.38. The normalized spacial score (nSPS) is 16.7. The molecular weight excluding hydrogens is 289 g/mol. The van der Waals surface area contributed by atoms with Crippen molar-refractivity contribution in [3.05, 3.63) is 20.3 Å². The molecule has 0 amide bonds. The number of hydrogen-bond acceptors (Lipinski definition) is 3. The Hall–Kier alpha value is -0.0900. The summed E-state index contributed by atoms with van der Waals surface area (Å²) in [6.45, 7) is 1.42. The number of halogens is 2. The molecule has 1 saturated carbocycles. The van der Waals surface area contributed by atoms with Gasteiger partial charge in [-0.2, -0.15) is 0 Å². The van der Waals surface area contributed by atoms with Gasteiger partial charge in [0.15, 0.2) is 5.78 Å². The van der Waals surface area contributed by atoms with Gasteiger partial charge in [0, 0.05) is 6.54 Å². The van der Waals surface area contributed by atoms with Crippen LogP contribution in [0.15, 0.2) is 6.07 Å². The van der Waals surface area contributed by atoms with Crippen molar-refractivity contribution in [3.63, 3.8) is 0 Å². The number of likely N-dealkylation sites (N-methyl/N-ethyl adjacent to an activating group) is 1. The molecule has 1 fully saturated rings. The van der Waals surface area contributed by atoms with Crippen molar-refractivity contribution in [1.29, 1.82) is 0 Å². The zero-order valence-electron chi connectivity index (χ0n) is 10.4. The number of ketones is 1. The first-order chi connectivity index (χ1) is 8.56. The van der Waals surface area contributed by atoms with Crippen LogP contribution in [-0.2, 0) is 0 Å². The highest BCUT2D eigenvalue weighted by Crippen LogP contribution is 2.31. The Bertz CT molecular complexity index is 427. The van der Waals surface area contributed by atoms with E-state index in [1.807, 2.05) is 7.05 Å². The molecule has 0 bridgehead atoms. The number of rotatable bonds is 5. The molecule has 1 aliphatic carbocycles. The summed E-state index contributed by atoms with van der Waals surface area (Å²) < 4.78 is 1.07. The van der Waals surface area contributed by atoms with Crippen LogP contribution >= 0.6 is 34.5 Å². The van der Waals surface area contributed by atoms with Gasteiger partial charge in [-0.1, -0.05) is 36.0 Å². The lowest BCUT2D eigenvalue weighted by atomic mass is 10.1. The maximum atomic E-state index is 12.1. The molecule has 2 nitrogen and oxygen atoms in total. The van der Waals surface area contributed by atoms with E-state index in [1.165, 1.54) is 37.0 Å². The number of thiophene rings is 1. The molecule has 1 aromatic rings. The average molecular weight is 306 g/mol. The molecule has 0 aromatic carbocycles. The van der Waals surface area contributed by atoms with E-state index >= 15 is 0 Å². The largest absolute Gasteiger partial charge is 0.299 e. The fraction of sp³-hybridized carbons (Fsp3) is 0.615. The molecular formula is C13H17Cl2NOS. The molecule has 1 aliphatic rings. The van der Waals surface area contributed by atoms with Gasteiger partial charge in [-0.05, 0) is 31.9 Å². The molecule has 0 radical (unpaired) electrons. The van der Waals surface area contributed by atoms with Crippen LogP contribution in [-0.4, -0.2) is 30.8 Å². The second-order valence-electron chi connectivity index (χ2n) is 5.01. The Morgan fingerprint density at radius 1 is 1.44 bits per heavy atom. The highest BCUT2D eigenvalue weighted by Gasteiger charge is 2.20. The summed E-state index contributed by atoms with van der Waals surface area (Å²) in [5.74, 6) is 0.813. The molecule has 5 heteroatoms. The fourth-order valence-corrected chi connectivity index (χ4v) is 4.06. The van der Waals surface area contributed by atoms with Crippen molar-refractivity contribution in [2.24, 2.45) is 5.92 Å². The Labute approximate surface area is 122 Å². The van der Waals surface area contributed by atoms with Crippen LogP contribution in [0.2, 0.25) is 8.67 Å². The maximum Gasteiger partial charge on any atom is 0.179 e. The SMILES string of the molecule is CN(CC(=O)c1cc(Cl)sc1Cl)CC1CCCC1. The first-order valence-corrected chi connectivity index (χ1v) is 7.80. The molecule has 1 aromatic heterocycles. The minimum Gasteiger partial charge on any atom is -0.299 e. The van der Waals surface area contributed by atoms with E-state index in [0.717, 1.165) is 12.5 Å². The predicted octanol–water partition coefficient (Wildman–Crippen LogP) is 4.36. The summed E-state index contributed by atoms with van der Waals surface area (Å²) in [7, 11) is 2.00. The van der Waals surface area contributed by atoms with Crippen molar-refractivity contribution >= 4 is 40.3 Å². The van der Waals surface area contributed by atoms with Gasteiger partial charge >= 0.3 is 0 Å². The van der Waals surface area contributed by atoms with Crippen LogP contribution in [0.1, 0.15) is 36.0 Å². The zero-order valence-corrected chi connectivity index (χ0v) is 12.7. The number of hydrogen-bond donors (Lipinski definition) is 0. The molecule has 0 spiro atoms. The lowest BCUT2D eigenvalue weighted by Gasteiger charge is -2.19. The predicted molar refractivity (Wildman–Crippen MR) is 78.1 cm³/mol. The van der Waals surface area contributed by atoms with Crippen LogP contribution in [0.25, 0.3) is 0 Å². The van der Waals surface area contributed by atoms with Gasteiger partial charge < -0.3 is 0 Å². The monoisotopic (exact) mass is 305 g/mol. The van der Waals surface area contributed by atoms with Gasteiger partial charge in [0.1, 0.15) is 4.34 Å². The summed E-state index contributed by atoms with van der Waals surface area (Å²) in [5, 5.41) is 0. The first-order valence-electron chi connectivity index (χ1n) is 6.23. The van der Waals surface area contributed by atoms with E-state index in [-0.39, 0.29) is 5.78 Å². The Morgan fingerprint density at radius 3 is 2.67 bits per heavy atom. The summed E-state index contributed by atoms with van der Waals surface area (Å²) >= 11 is 13.1. The third-order valence-corrected chi connectivity index (χ3v) is 4.90. The fourth-order valence-electron chi connectivity index (χ4n) is 2.56. The van der Waals surface area contributed by atoms with Gasteiger partial charge in [-0.15, -0.1) is 11.3 Å². The number of nitrogens with zero attached hydrogens (tertiary/aromatic N) is 1. The van der Waals surface area contributed by atoms with E-state index in [0.29, 0.717) is 20.8 Å². The summed E-state index contributed by atoms with van der Waals surface area (Å²) in [6.07, 6.45) is 5.25. The number of carbonyl (C=O) groups excluding carboxylic acids is 1. The molecule has 100 valence electrons. The second-order valence-corrected chi connectivity index (χ2v) is 7.29. The molecule has 1 heterocycles. The van der Waals surface area contributed by atoms with Crippen LogP contribution in [0, 0.1) is 5.92 Å². The van der Waals surface area contributed by atoms with Gasteiger partial charge in [0.05, 0.1) is 16.4 Å². The summed E-state index contributed by atoms with van der Waals surface area (Å²) in [4.78, 5) is 14.2. The van der Waals surface area contributed by atoms with Gasteiger partial charge in [-0.25, -0.2) is 0 Å². The minimum absolute atomic E-state index is 0.0589. The highest BCUT2D eigenvalue weighted by atomic mass is 35.5.